The standard InChI is InChI=1S/C26H18F2N2O2/c27-24-14-18(15-29)25(28)13-17(24)7-5-6-12-30-26(31)32-16-23-21-10-3-1-8-19(21)20-9-2-4-11-22(20)23/h1-4,8-11,13-14,23H,6,12,16H2,(H,30,31). The minimum atomic E-state index is -0.824. The maximum atomic E-state index is 13.8. The Kier molecular flexibility index (Phi) is 6.14. The third-order valence-corrected chi connectivity index (χ3v) is 5.26. The summed E-state index contributed by atoms with van der Waals surface area (Å²) >= 11 is 0. The van der Waals surface area contributed by atoms with Gasteiger partial charge in [0.15, 0.2) is 0 Å². The second-order valence-corrected chi connectivity index (χ2v) is 7.23. The van der Waals surface area contributed by atoms with Crippen molar-refractivity contribution in [1.82, 2.24) is 5.32 Å². The van der Waals surface area contributed by atoms with Crippen molar-refractivity contribution in [2.45, 2.75) is 12.3 Å². The number of benzene rings is 3. The van der Waals surface area contributed by atoms with E-state index >= 15 is 0 Å². The Bertz CT molecular complexity index is 1240. The van der Waals surface area contributed by atoms with Crippen molar-refractivity contribution in [2.75, 3.05) is 13.2 Å². The van der Waals surface area contributed by atoms with Crippen molar-refractivity contribution in [1.29, 1.82) is 5.26 Å². The van der Waals surface area contributed by atoms with Gasteiger partial charge in [-0.3, -0.25) is 0 Å². The molecular formula is C26H18F2N2O2. The molecule has 0 bridgehead atoms. The number of hydrogen-bond acceptors (Lipinski definition) is 3. The summed E-state index contributed by atoms with van der Waals surface area (Å²) in [5.74, 6) is 3.57. The van der Waals surface area contributed by atoms with Gasteiger partial charge in [0.1, 0.15) is 24.3 Å². The number of nitrogens with zero attached hydrogens (tertiary/aromatic N) is 1. The summed E-state index contributed by atoms with van der Waals surface area (Å²) in [4.78, 5) is 12.1. The number of fused-ring (bicyclic) bond motifs is 3. The number of hydrogen-bond donors (Lipinski definition) is 1. The van der Waals surface area contributed by atoms with Crippen LogP contribution in [-0.4, -0.2) is 19.2 Å². The van der Waals surface area contributed by atoms with Gasteiger partial charge in [-0.05, 0) is 34.4 Å². The van der Waals surface area contributed by atoms with E-state index < -0.39 is 17.7 Å². The largest absolute Gasteiger partial charge is 0.449 e. The summed E-state index contributed by atoms with van der Waals surface area (Å²) in [6, 6.07) is 19.4. The van der Waals surface area contributed by atoms with E-state index in [4.69, 9.17) is 10.00 Å². The Balaban J connectivity index is 1.30. The van der Waals surface area contributed by atoms with Crippen LogP contribution in [0.5, 0.6) is 0 Å². The van der Waals surface area contributed by atoms with Crippen molar-refractivity contribution in [3.8, 4) is 29.0 Å². The van der Waals surface area contributed by atoms with Crippen LogP contribution in [0.1, 0.15) is 34.6 Å². The molecule has 3 aromatic rings. The van der Waals surface area contributed by atoms with E-state index in [9.17, 15) is 13.6 Å². The lowest BCUT2D eigenvalue weighted by atomic mass is 9.98. The van der Waals surface area contributed by atoms with E-state index in [2.05, 4.69) is 29.3 Å². The molecule has 158 valence electrons. The number of alkyl carbamates (subject to hydrolysis) is 1. The first-order chi connectivity index (χ1) is 15.6. The van der Waals surface area contributed by atoms with Gasteiger partial charge in [0.2, 0.25) is 0 Å². The molecule has 4 nitrogen and oxygen atoms in total. The van der Waals surface area contributed by atoms with Crippen molar-refractivity contribution >= 4 is 6.09 Å². The molecule has 0 aromatic heterocycles. The summed E-state index contributed by atoms with van der Waals surface area (Å²) in [6.07, 6.45) is -0.338. The third kappa shape index (κ3) is 4.31. The van der Waals surface area contributed by atoms with Crippen LogP contribution in [0.3, 0.4) is 0 Å². The number of halogens is 2. The van der Waals surface area contributed by atoms with Gasteiger partial charge in [-0.25, -0.2) is 13.6 Å². The zero-order chi connectivity index (χ0) is 22.5. The molecule has 0 unspecified atom stereocenters. The molecule has 0 atom stereocenters. The van der Waals surface area contributed by atoms with Gasteiger partial charge in [-0.2, -0.15) is 5.26 Å². The van der Waals surface area contributed by atoms with Gasteiger partial charge in [0, 0.05) is 18.9 Å². The van der Waals surface area contributed by atoms with E-state index in [-0.39, 0.29) is 36.6 Å². The van der Waals surface area contributed by atoms with Crippen LogP contribution in [0.4, 0.5) is 13.6 Å². The lowest BCUT2D eigenvalue weighted by molar-refractivity contribution is 0.143. The monoisotopic (exact) mass is 428 g/mol. The minimum absolute atomic E-state index is 0.0257. The Hall–Kier alpha value is -4.16. The third-order valence-electron chi connectivity index (χ3n) is 5.26. The summed E-state index contributed by atoms with van der Waals surface area (Å²) in [5.41, 5.74) is 4.05. The van der Waals surface area contributed by atoms with Gasteiger partial charge in [0.05, 0.1) is 11.1 Å². The quantitative estimate of drug-likeness (QED) is 0.464. The number of carbonyl (C=O) groups is 1. The van der Waals surface area contributed by atoms with Crippen LogP contribution in [0.15, 0.2) is 60.7 Å². The summed E-state index contributed by atoms with van der Waals surface area (Å²) in [7, 11) is 0. The molecular weight excluding hydrogens is 410 g/mol. The molecule has 32 heavy (non-hydrogen) atoms. The molecule has 1 N–H and O–H groups in total. The molecule has 1 aliphatic rings. The van der Waals surface area contributed by atoms with Crippen LogP contribution in [-0.2, 0) is 4.74 Å². The Morgan fingerprint density at radius 1 is 0.969 bits per heavy atom. The molecule has 1 aliphatic carbocycles. The second-order valence-electron chi connectivity index (χ2n) is 7.23. The van der Waals surface area contributed by atoms with E-state index in [1.165, 1.54) is 0 Å². The first kappa shape index (κ1) is 21.1. The van der Waals surface area contributed by atoms with Crippen LogP contribution in [0.25, 0.3) is 11.1 Å². The normalized spacial score (nSPS) is 11.5. The zero-order valence-corrected chi connectivity index (χ0v) is 17.0. The number of nitrogens with one attached hydrogen (secondary N) is 1. The molecule has 0 saturated carbocycles. The number of carbonyl (C=O) groups excluding carboxylic acids is 1. The summed E-state index contributed by atoms with van der Waals surface area (Å²) in [5, 5.41) is 11.3. The lowest BCUT2D eigenvalue weighted by Gasteiger charge is -2.14. The number of amides is 1. The van der Waals surface area contributed by atoms with E-state index in [0.717, 1.165) is 34.4 Å². The molecule has 0 fully saturated rings. The van der Waals surface area contributed by atoms with Gasteiger partial charge in [-0.1, -0.05) is 60.4 Å². The first-order valence-electron chi connectivity index (χ1n) is 10.1. The molecule has 0 saturated heterocycles. The second kappa shape index (κ2) is 9.32. The highest BCUT2D eigenvalue weighted by atomic mass is 19.1. The van der Waals surface area contributed by atoms with Crippen molar-refractivity contribution < 1.29 is 18.3 Å². The van der Waals surface area contributed by atoms with Crippen molar-refractivity contribution in [3.63, 3.8) is 0 Å². The molecule has 3 aromatic carbocycles. The topological polar surface area (TPSA) is 62.1 Å². The fourth-order valence-electron chi connectivity index (χ4n) is 3.76. The maximum absolute atomic E-state index is 13.8. The van der Waals surface area contributed by atoms with Crippen molar-refractivity contribution in [3.05, 3.63) is 94.6 Å². The Labute approximate surface area is 184 Å². The highest BCUT2D eigenvalue weighted by molar-refractivity contribution is 5.79. The summed E-state index contributed by atoms with van der Waals surface area (Å²) < 4.78 is 32.8. The molecule has 6 heteroatoms. The SMILES string of the molecule is N#Cc1cc(F)c(C#CCCNC(=O)OCC2c3ccccc3-c3ccccc32)cc1F. The Morgan fingerprint density at radius 3 is 2.22 bits per heavy atom. The number of nitriles is 1. The number of rotatable bonds is 4. The van der Waals surface area contributed by atoms with E-state index in [1.54, 1.807) is 6.07 Å². The predicted molar refractivity (Wildman–Crippen MR) is 116 cm³/mol. The molecule has 0 spiro atoms. The van der Waals surface area contributed by atoms with E-state index in [1.807, 2.05) is 36.4 Å². The smallest absolute Gasteiger partial charge is 0.407 e. The average Bonchev–Trinajstić information content (AvgIpc) is 3.13. The minimum Gasteiger partial charge on any atom is -0.449 e. The first-order valence-corrected chi connectivity index (χ1v) is 10.1. The van der Waals surface area contributed by atoms with Gasteiger partial charge >= 0.3 is 6.09 Å². The number of ether oxygens (including phenoxy) is 1. The zero-order valence-electron chi connectivity index (χ0n) is 17.0. The predicted octanol–water partition coefficient (Wildman–Crippen LogP) is 5.12. The molecule has 0 aliphatic heterocycles. The average molecular weight is 428 g/mol. The summed E-state index contributed by atoms with van der Waals surface area (Å²) in [6.45, 7) is 0.408. The van der Waals surface area contributed by atoms with Gasteiger partial charge < -0.3 is 10.1 Å². The highest BCUT2D eigenvalue weighted by Crippen LogP contribution is 2.44. The molecule has 4 rings (SSSR count). The van der Waals surface area contributed by atoms with Crippen LogP contribution in [0, 0.1) is 34.8 Å². The Morgan fingerprint density at radius 2 is 1.56 bits per heavy atom. The van der Waals surface area contributed by atoms with Gasteiger partial charge in [-0.15, -0.1) is 0 Å². The lowest BCUT2D eigenvalue weighted by Crippen LogP contribution is -2.26. The van der Waals surface area contributed by atoms with Crippen LogP contribution in [0.2, 0.25) is 0 Å². The van der Waals surface area contributed by atoms with Crippen LogP contribution >= 0.6 is 0 Å². The van der Waals surface area contributed by atoms with Crippen LogP contribution < -0.4 is 5.32 Å². The van der Waals surface area contributed by atoms with E-state index in [0.29, 0.717) is 0 Å². The fraction of sp³-hybridized carbons (Fsp3) is 0.154. The molecule has 1 amide bonds. The molecule has 0 radical (unpaired) electrons. The molecule has 0 heterocycles. The van der Waals surface area contributed by atoms with Crippen molar-refractivity contribution in [2.24, 2.45) is 0 Å². The fourth-order valence-corrected chi connectivity index (χ4v) is 3.76. The highest BCUT2D eigenvalue weighted by Gasteiger charge is 2.28. The maximum Gasteiger partial charge on any atom is 0.407 e. The van der Waals surface area contributed by atoms with Gasteiger partial charge in [0.25, 0.3) is 0 Å².